The first kappa shape index (κ1) is 8.01. The highest BCUT2D eigenvalue weighted by Gasteiger charge is 2.51. The highest BCUT2D eigenvalue weighted by molar-refractivity contribution is 5.13. The Kier molecular flexibility index (Phi) is 1.74. The molecular formula is C11H18N2. The zero-order chi connectivity index (χ0) is 8.73. The van der Waals surface area contributed by atoms with Crippen LogP contribution in [0.2, 0.25) is 0 Å². The van der Waals surface area contributed by atoms with Gasteiger partial charge in [0.2, 0.25) is 0 Å². The second-order valence-corrected chi connectivity index (χ2v) is 4.96. The van der Waals surface area contributed by atoms with Crippen molar-refractivity contribution in [3.8, 4) is 0 Å². The van der Waals surface area contributed by atoms with Crippen LogP contribution in [0, 0.1) is 5.41 Å². The molecule has 3 rings (SSSR count). The van der Waals surface area contributed by atoms with E-state index in [-0.39, 0.29) is 0 Å². The fourth-order valence-corrected chi connectivity index (χ4v) is 2.61. The molecule has 2 heteroatoms. The zero-order valence-corrected chi connectivity index (χ0v) is 8.18. The normalized spacial score (nSPS) is 31.2. The van der Waals surface area contributed by atoms with Gasteiger partial charge in [-0.2, -0.15) is 0 Å². The molecule has 0 aromatic carbocycles. The lowest BCUT2D eigenvalue weighted by atomic mass is 9.95. The van der Waals surface area contributed by atoms with Crippen LogP contribution in [0.3, 0.4) is 0 Å². The van der Waals surface area contributed by atoms with Crippen molar-refractivity contribution in [2.75, 3.05) is 32.7 Å². The van der Waals surface area contributed by atoms with Gasteiger partial charge in [0.25, 0.3) is 0 Å². The van der Waals surface area contributed by atoms with E-state index in [1.807, 2.05) is 0 Å². The maximum Gasteiger partial charge on any atom is 0.0194 e. The third-order valence-corrected chi connectivity index (χ3v) is 3.66. The first-order valence-corrected chi connectivity index (χ1v) is 5.47. The van der Waals surface area contributed by atoms with Gasteiger partial charge in [-0.25, -0.2) is 0 Å². The van der Waals surface area contributed by atoms with Gasteiger partial charge in [-0.05, 0) is 31.2 Å². The van der Waals surface area contributed by atoms with Crippen LogP contribution in [0.25, 0.3) is 0 Å². The van der Waals surface area contributed by atoms with Gasteiger partial charge in [-0.15, -0.1) is 0 Å². The maximum absolute atomic E-state index is 3.36. The van der Waals surface area contributed by atoms with Gasteiger partial charge in [0, 0.05) is 26.2 Å². The Balaban J connectivity index is 1.50. The lowest BCUT2D eigenvalue weighted by Crippen LogP contribution is -2.49. The minimum atomic E-state index is 0.827. The molecule has 2 heterocycles. The van der Waals surface area contributed by atoms with Crippen LogP contribution in [0.5, 0.6) is 0 Å². The Labute approximate surface area is 80.0 Å². The third kappa shape index (κ3) is 1.53. The predicted octanol–water partition coefficient (Wildman–Crippen LogP) is 1.00. The fraction of sp³-hybridized carbons (Fsp3) is 0.818. The van der Waals surface area contributed by atoms with E-state index in [0.29, 0.717) is 0 Å². The Hall–Kier alpha value is -0.340. The molecule has 0 aromatic rings. The molecule has 72 valence electrons. The third-order valence-electron chi connectivity index (χ3n) is 3.66. The van der Waals surface area contributed by atoms with Crippen LogP contribution < -0.4 is 5.32 Å². The van der Waals surface area contributed by atoms with Crippen LogP contribution in [0.1, 0.15) is 19.3 Å². The second-order valence-electron chi connectivity index (χ2n) is 4.96. The largest absolute Gasteiger partial charge is 0.313 e. The van der Waals surface area contributed by atoms with Gasteiger partial charge < -0.3 is 5.32 Å². The standard InChI is InChI=1S/C11H18N2/c1-5-12-6-2-10(1)7-13-8-11(9-13)3-4-11/h1,12H,2-9H2. The van der Waals surface area contributed by atoms with E-state index in [9.17, 15) is 0 Å². The number of likely N-dealkylation sites (tertiary alicyclic amines) is 1. The minimum Gasteiger partial charge on any atom is -0.313 e. The van der Waals surface area contributed by atoms with Crippen molar-refractivity contribution in [3.05, 3.63) is 11.6 Å². The average molecular weight is 178 g/mol. The van der Waals surface area contributed by atoms with Crippen LogP contribution >= 0.6 is 0 Å². The number of hydrogen-bond donors (Lipinski definition) is 1. The molecule has 2 fully saturated rings. The van der Waals surface area contributed by atoms with Crippen molar-refractivity contribution < 1.29 is 0 Å². The zero-order valence-electron chi connectivity index (χ0n) is 8.18. The molecular weight excluding hydrogens is 160 g/mol. The van der Waals surface area contributed by atoms with Crippen LogP contribution in [0.4, 0.5) is 0 Å². The molecule has 0 unspecified atom stereocenters. The first-order valence-electron chi connectivity index (χ1n) is 5.47. The molecule has 0 atom stereocenters. The van der Waals surface area contributed by atoms with Crippen molar-refractivity contribution >= 4 is 0 Å². The topological polar surface area (TPSA) is 15.3 Å². The Morgan fingerprint density at radius 1 is 1.38 bits per heavy atom. The first-order chi connectivity index (χ1) is 6.36. The van der Waals surface area contributed by atoms with Gasteiger partial charge in [0.15, 0.2) is 0 Å². The van der Waals surface area contributed by atoms with Crippen LogP contribution in [-0.2, 0) is 0 Å². The summed E-state index contributed by atoms with van der Waals surface area (Å²) in [4.78, 5) is 2.62. The highest BCUT2D eigenvalue weighted by Crippen LogP contribution is 2.52. The molecule has 2 nitrogen and oxygen atoms in total. The van der Waals surface area contributed by atoms with Gasteiger partial charge in [0.1, 0.15) is 0 Å². The van der Waals surface area contributed by atoms with E-state index in [1.165, 1.54) is 45.4 Å². The summed E-state index contributed by atoms with van der Waals surface area (Å²) in [7, 11) is 0. The SMILES string of the molecule is C1=C(CN2CC3(CC3)C2)CCNC1. The molecule has 0 amide bonds. The number of nitrogens with zero attached hydrogens (tertiary/aromatic N) is 1. The molecule has 0 aromatic heterocycles. The number of rotatable bonds is 2. The summed E-state index contributed by atoms with van der Waals surface area (Å²) in [5.41, 5.74) is 2.49. The number of nitrogens with one attached hydrogen (secondary N) is 1. The van der Waals surface area contributed by atoms with E-state index < -0.39 is 0 Å². The summed E-state index contributed by atoms with van der Waals surface area (Å²) in [5.74, 6) is 0. The highest BCUT2D eigenvalue weighted by atomic mass is 15.2. The number of hydrogen-bond acceptors (Lipinski definition) is 2. The monoisotopic (exact) mass is 178 g/mol. The van der Waals surface area contributed by atoms with E-state index in [1.54, 1.807) is 5.57 Å². The molecule has 0 bridgehead atoms. The van der Waals surface area contributed by atoms with Crippen molar-refractivity contribution in [2.45, 2.75) is 19.3 Å². The minimum absolute atomic E-state index is 0.827. The van der Waals surface area contributed by atoms with Gasteiger partial charge in [-0.3, -0.25) is 4.90 Å². The van der Waals surface area contributed by atoms with Gasteiger partial charge in [0.05, 0.1) is 0 Å². The quantitative estimate of drug-likeness (QED) is 0.635. The van der Waals surface area contributed by atoms with E-state index in [2.05, 4.69) is 16.3 Å². The molecule has 2 aliphatic heterocycles. The van der Waals surface area contributed by atoms with Gasteiger partial charge in [-0.1, -0.05) is 11.6 Å². The molecule has 1 saturated heterocycles. The summed E-state index contributed by atoms with van der Waals surface area (Å²) in [6.07, 6.45) is 6.65. The van der Waals surface area contributed by atoms with E-state index in [4.69, 9.17) is 0 Å². The Morgan fingerprint density at radius 2 is 2.23 bits per heavy atom. The van der Waals surface area contributed by atoms with Crippen LogP contribution in [0.15, 0.2) is 11.6 Å². The van der Waals surface area contributed by atoms with Crippen molar-refractivity contribution in [1.82, 2.24) is 10.2 Å². The molecule has 3 aliphatic rings. The molecule has 1 aliphatic carbocycles. The maximum atomic E-state index is 3.36. The van der Waals surface area contributed by atoms with E-state index >= 15 is 0 Å². The van der Waals surface area contributed by atoms with Gasteiger partial charge >= 0.3 is 0 Å². The van der Waals surface area contributed by atoms with Crippen molar-refractivity contribution in [1.29, 1.82) is 0 Å². The smallest absolute Gasteiger partial charge is 0.0194 e. The Bertz CT molecular complexity index is 232. The summed E-state index contributed by atoms with van der Waals surface area (Å²) < 4.78 is 0. The lowest BCUT2D eigenvalue weighted by Gasteiger charge is -2.40. The summed E-state index contributed by atoms with van der Waals surface area (Å²) in [5, 5.41) is 3.36. The summed E-state index contributed by atoms with van der Waals surface area (Å²) in [6.45, 7) is 6.30. The molecule has 1 saturated carbocycles. The average Bonchev–Trinajstić information content (AvgIpc) is 2.86. The summed E-state index contributed by atoms with van der Waals surface area (Å²) in [6, 6.07) is 0. The predicted molar refractivity (Wildman–Crippen MR) is 53.7 cm³/mol. The molecule has 0 radical (unpaired) electrons. The van der Waals surface area contributed by atoms with Crippen molar-refractivity contribution in [2.24, 2.45) is 5.41 Å². The summed E-state index contributed by atoms with van der Waals surface area (Å²) >= 11 is 0. The second kappa shape index (κ2) is 2.82. The lowest BCUT2D eigenvalue weighted by molar-refractivity contribution is 0.0918. The Morgan fingerprint density at radius 3 is 2.85 bits per heavy atom. The molecule has 13 heavy (non-hydrogen) atoms. The van der Waals surface area contributed by atoms with Crippen LogP contribution in [-0.4, -0.2) is 37.6 Å². The fourth-order valence-electron chi connectivity index (χ4n) is 2.61. The molecule has 1 spiro atoms. The van der Waals surface area contributed by atoms with Crippen molar-refractivity contribution in [3.63, 3.8) is 0 Å². The van der Waals surface area contributed by atoms with E-state index in [0.717, 1.165) is 12.0 Å². The molecule has 1 N–H and O–H groups in total.